The molecule has 2 heterocycles. The van der Waals surface area contributed by atoms with E-state index in [4.69, 9.17) is 0 Å². The monoisotopic (exact) mass is 250 g/mol. The van der Waals surface area contributed by atoms with Crippen LogP contribution in [-0.4, -0.2) is 55.3 Å². The summed E-state index contributed by atoms with van der Waals surface area (Å²) in [7, 11) is 1.58. The number of carbonyl (C=O) groups is 1. The van der Waals surface area contributed by atoms with Crippen LogP contribution >= 0.6 is 0 Å². The second-order valence-corrected chi connectivity index (χ2v) is 4.21. The molecule has 98 valence electrons. The van der Waals surface area contributed by atoms with Crippen LogP contribution in [0.25, 0.3) is 0 Å². The molecule has 6 heteroatoms. The average Bonchev–Trinajstić information content (AvgIpc) is 2.46. The Labute approximate surface area is 106 Å². The molecule has 3 N–H and O–H groups in total. The number of anilines is 1. The molecule has 1 aliphatic rings. The van der Waals surface area contributed by atoms with Crippen molar-refractivity contribution in [2.75, 3.05) is 38.2 Å². The van der Waals surface area contributed by atoms with Crippen LogP contribution in [0.4, 0.5) is 5.69 Å². The van der Waals surface area contributed by atoms with Gasteiger partial charge in [0, 0.05) is 26.7 Å². The van der Waals surface area contributed by atoms with Crippen LogP contribution in [0.15, 0.2) is 18.3 Å². The van der Waals surface area contributed by atoms with Gasteiger partial charge < -0.3 is 20.6 Å². The molecule has 1 amide bonds. The zero-order chi connectivity index (χ0) is 13.0. The lowest BCUT2D eigenvalue weighted by molar-refractivity contribution is 0.0958. The second kappa shape index (κ2) is 5.79. The standard InChI is InChI=1S/C12H18N4O2/c1-13-12(18)11-3-2-9(7-15-11)16-5-4-14-6-10(16)8-17/h2-3,7,10,14,17H,4-6,8H2,1H3,(H,13,18). The molecule has 0 spiro atoms. The van der Waals surface area contributed by atoms with Gasteiger partial charge in [0.1, 0.15) is 5.69 Å². The van der Waals surface area contributed by atoms with E-state index in [0.717, 1.165) is 25.3 Å². The molecular formula is C12H18N4O2. The minimum atomic E-state index is -0.194. The van der Waals surface area contributed by atoms with Crippen LogP contribution < -0.4 is 15.5 Å². The van der Waals surface area contributed by atoms with Crippen molar-refractivity contribution in [1.29, 1.82) is 0 Å². The number of rotatable bonds is 3. The summed E-state index contributed by atoms with van der Waals surface area (Å²) in [5, 5.41) is 15.1. The largest absolute Gasteiger partial charge is 0.394 e. The molecule has 2 rings (SSSR count). The number of nitrogens with zero attached hydrogens (tertiary/aromatic N) is 2. The third-order valence-electron chi connectivity index (χ3n) is 3.10. The summed E-state index contributed by atoms with van der Waals surface area (Å²) >= 11 is 0. The van der Waals surface area contributed by atoms with Gasteiger partial charge in [-0.1, -0.05) is 0 Å². The van der Waals surface area contributed by atoms with Crippen molar-refractivity contribution in [3.8, 4) is 0 Å². The van der Waals surface area contributed by atoms with Crippen LogP contribution in [0.1, 0.15) is 10.5 Å². The summed E-state index contributed by atoms with van der Waals surface area (Å²) in [5.41, 5.74) is 1.33. The number of aliphatic hydroxyl groups excluding tert-OH is 1. The molecule has 1 aromatic heterocycles. The smallest absolute Gasteiger partial charge is 0.269 e. The highest BCUT2D eigenvalue weighted by Crippen LogP contribution is 2.17. The molecule has 1 atom stereocenters. The molecule has 0 saturated carbocycles. The second-order valence-electron chi connectivity index (χ2n) is 4.21. The minimum absolute atomic E-state index is 0.0615. The van der Waals surface area contributed by atoms with E-state index in [0.29, 0.717) is 5.69 Å². The fraction of sp³-hybridized carbons (Fsp3) is 0.500. The number of hydrogen-bond donors (Lipinski definition) is 3. The molecule has 1 aromatic rings. The van der Waals surface area contributed by atoms with E-state index in [1.54, 1.807) is 19.3 Å². The number of nitrogens with one attached hydrogen (secondary N) is 2. The Kier molecular flexibility index (Phi) is 4.11. The van der Waals surface area contributed by atoms with Crippen molar-refractivity contribution in [2.45, 2.75) is 6.04 Å². The van der Waals surface area contributed by atoms with Gasteiger partial charge in [0.05, 0.1) is 24.5 Å². The Morgan fingerprint density at radius 3 is 3.11 bits per heavy atom. The molecule has 0 radical (unpaired) electrons. The molecular weight excluding hydrogens is 232 g/mol. The van der Waals surface area contributed by atoms with Gasteiger partial charge in [-0.05, 0) is 12.1 Å². The van der Waals surface area contributed by atoms with E-state index in [9.17, 15) is 9.90 Å². The summed E-state index contributed by atoms with van der Waals surface area (Å²) in [6, 6.07) is 3.63. The van der Waals surface area contributed by atoms with Gasteiger partial charge in [0.25, 0.3) is 5.91 Å². The predicted octanol–water partition coefficient (Wildman–Crippen LogP) is -0.788. The van der Waals surface area contributed by atoms with Gasteiger partial charge in [-0.3, -0.25) is 4.79 Å². The lowest BCUT2D eigenvalue weighted by atomic mass is 10.2. The SMILES string of the molecule is CNC(=O)c1ccc(N2CCNCC2CO)cn1. The van der Waals surface area contributed by atoms with E-state index in [1.807, 2.05) is 6.07 Å². The normalized spacial score (nSPS) is 19.7. The highest BCUT2D eigenvalue weighted by Gasteiger charge is 2.21. The van der Waals surface area contributed by atoms with Gasteiger partial charge in [0.2, 0.25) is 0 Å². The van der Waals surface area contributed by atoms with Gasteiger partial charge in [-0.25, -0.2) is 4.98 Å². The molecule has 6 nitrogen and oxygen atoms in total. The number of aliphatic hydroxyl groups is 1. The number of hydrogen-bond acceptors (Lipinski definition) is 5. The molecule has 1 saturated heterocycles. The fourth-order valence-electron chi connectivity index (χ4n) is 2.08. The Bertz CT molecular complexity index is 407. The van der Waals surface area contributed by atoms with E-state index in [2.05, 4.69) is 20.5 Å². The first-order valence-electron chi connectivity index (χ1n) is 6.02. The van der Waals surface area contributed by atoms with E-state index < -0.39 is 0 Å². The first-order valence-corrected chi connectivity index (χ1v) is 6.02. The Morgan fingerprint density at radius 1 is 1.67 bits per heavy atom. The number of amides is 1. The first kappa shape index (κ1) is 12.8. The van der Waals surface area contributed by atoms with Crippen LogP contribution in [0.5, 0.6) is 0 Å². The van der Waals surface area contributed by atoms with E-state index in [-0.39, 0.29) is 18.6 Å². The Balaban J connectivity index is 2.15. The molecule has 0 bridgehead atoms. The maximum absolute atomic E-state index is 11.4. The lowest BCUT2D eigenvalue weighted by Crippen LogP contribution is -2.53. The molecule has 1 aliphatic heterocycles. The van der Waals surface area contributed by atoms with Gasteiger partial charge >= 0.3 is 0 Å². The summed E-state index contributed by atoms with van der Waals surface area (Å²) in [5.74, 6) is -0.194. The third-order valence-corrected chi connectivity index (χ3v) is 3.10. The van der Waals surface area contributed by atoms with Crippen LogP contribution in [0.3, 0.4) is 0 Å². The maximum Gasteiger partial charge on any atom is 0.269 e. The first-order chi connectivity index (χ1) is 8.76. The Hall–Kier alpha value is -1.66. The van der Waals surface area contributed by atoms with E-state index >= 15 is 0 Å². The zero-order valence-electron chi connectivity index (χ0n) is 10.4. The van der Waals surface area contributed by atoms with Crippen molar-refractivity contribution in [3.05, 3.63) is 24.0 Å². The molecule has 0 aromatic carbocycles. The third kappa shape index (κ3) is 2.60. The summed E-state index contributed by atoms with van der Waals surface area (Å²) < 4.78 is 0. The summed E-state index contributed by atoms with van der Waals surface area (Å²) in [6.07, 6.45) is 1.68. The predicted molar refractivity (Wildman–Crippen MR) is 68.7 cm³/mol. The number of aromatic nitrogens is 1. The number of carbonyl (C=O) groups excluding carboxylic acids is 1. The van der Waals surface area contributed by atoms with Crippen molar-refractivity contribution >= 4 is 11.6 Å². The number of piperazine rings is 1. The highest BCUT2D eigenvalue weighted by atomic mass is 16.3. The summed E-state index contributed by atoms with van der Waals surface area (Å²) in [6.45, 7) is 2.57. The van der Waals surface area contributed by atoms with Gasteiger partial charge in [-0.15, -0.1) is 0 Å². The van der Waals surface area contributed by atoms with Crippen molar-refractivity contribution in [2.24, 2.45) is 0 Å². The lowest BCUT2D eigenvalue weighted by Gasteiger charge is -2.36. The summed E-state index contributed by atoms with van der Waals surface area (Å²) in [4.78, 5) is 17.6. The minimum Gasteiger partial charge on any atom is -0.394 e. The quantitative estimate of drug-likeness (QED) is 0.655. The van der Waals surface area contributed by atoms with E-state index in [1.165, 1.54) is 0 Å². The van der Waals surface area contributed by atoms with Crippen LogP contribution in [-0.2, 0) is 0 Å². The Morgan fingerprint density at radius 2 is 2.50 bits per heavy atom. The van der Waals surface area contributed by atoms with Crippen molar-refractivity contribution in [1.82, 2.24) is 15.6 Å². The van der Waals surface area contributed by atoms with Crippen molar-refractivity contribution in [3.63, 3.8) is 0 Å². The molecule has 18 heavy (non-hydrogen) atoms. The van der Waals surface area contributed by atoms with Crippen molar-refractivity contribution < 1.29 is 9.90 Å². The maximum atomic E-state index is 11.4. The van der Waals surface area contributed by atoms with Crippen LogP contribution in [0, 0.1) is 0 Å². The number of pyridine rings is 1. The van der Waals surface area contributed by atoms with Gasteiger partial charge in [0.15, 0.2) is 0 Å². The highest BCUT2D eigenvalue weighted by molar-refractivity contribution is 5.92. The topological polar surface area (TPSA) is 77.5 Å². The molecule has 1 unspecified atom stereocenters. The molecule has 0 aliphatic carbocycles. The average molecular weight is 250 g/mol. The van der Waals surface area contributed by atoms with Gasteiger partial charge in [-0.2, -0.15) is 0 Å². The fourth-order valence-corrected chi connectivity index (χ4v) is 2.08. The molecule has 1 fully saturated rings. The van der Waals surface area contributed by atoms with Crippen LogP contribution in [0.2, 0.25) is 0 Å². The zero-order valence-corrected chi connectivity index (χ0v) is 10.4.